The lowest BCUT2D eigenvalue weighted by molar-refractivity contribution is 0.148. The number of rotatable bonds is 6. The van der Waals surface area contributed by atoms with Crippen molar-refractivity contribution >= 4 is 5.82 Å². The van der Waals surface area contributed by atoms with Gasteiger partial charge in [-0.15, -0.1) is 0 Å². The molecule has 0 aromatic carbocycles. The molecular weight excluding hydrogens is 328 g/mol. The smallest absolute Gasteiger partial charge is 0.266 e. The van der Waals surface area contributed by atoms with Crippen molar-refractivity contribution in [2.75, 3.05) is 25.0 Å². The Bertz CT molecular complexity index is 805. The van der Waals surface area contributed by atoms with E-state index in [0.29, 0.717) is 12.6 Å². The van der Waals surface area contributed by atoms with Crippen molar-refractivity contribution in [3.05, 3.63) is 46.3 Å². The minimum atomic E-state index is -0.0317. The molecule has 0 amide bonds. The van der Waals surface area contributed by atoms with Crippen LogP contribution in [0.1, 0.15) is 36.9 Å². The maximum absolute atomic E-state index is 11.8. The first-order chi connectivity index (χ1) is 12.8. The Morgan fingerprint density at radius 2 is 2.12 bits per heavy atom. The fourth-order valence-corrected chi connectivity index (χ4v) is 4.09. The summed E-state index contributed by atoms with van der Waals surface area (Å²) in [6, 6.07) is 3.72. The molecule has 26 heavy (non-hydrogen) atoms. The molecule has 4 rings (SSSR count). The number of nitrogens with zero attached hydrogens (tertiary/aromatic N) is 5. The second kappa shape index (κ2) is 7.95. The molecule has 7 nitrogen and oxygen atoms in total. The van der Waals surface area contributed by atoms with Crippen molar-refractivity contribution in [1.29, 1.82) is 0 Å². The van der Waals surface area contributed by atoms with Crippen LogP contribution in [0.4, 0.5) is 5.82 Å². The van der Waals surface area contributed by atoms with Crippen molar-refractivity contribution in [3.63, 3.8) is 0 Å². The lowest BCUT2D eigenvalue weighted by Crippen LogP contribution is -2.45. The lowest BCUT2D eigenvalue weighted by atomic mass is 10.0. The Morgan fingerprint density at radius 3 is 3.04 bits per heavy atom. The van der Waals surface area contributed by atoms with Gasteiger partial charge in [0, 0.05) is 42.7 Å². The average Bonchev–Trinajstić information content (AvgIpc) is 3.16. The fourth-order valence-electron chi connectivity index (χ4n) is 4.09. The van der Waals surface area contributed by atoms with Crippen LogP contribution in [-0.4, -0.2) is 50.3 Å². The zero-order chi connectivity index (χ0) is 17.8. The van der Waals surface area contributed by atoms with Gasteiger partial charge in [-0.2, -0.15) is 5.10 Å². The lowest BCUT2D eigenvalue weighted by Gasteiger charge is -2.36. The molecule has 1 atom stereocenters. The predicted octanol–water partition coefficient (Wildman–Crippen LogP) is 1.49. The van der Waals surface area contributed by atoms with Gasteiger partial charge in [-0.25, -0.2) is 14.6 Å². The third-order valence-electron chi connectivity index (χ3n) is 5.51. The number of piperidine rings is 1. The minimum absolute atomic E-state index is 0.0317. The summed E-state index contributed by atoms with van der Waals surface area (Å²) in [6.07, 6.45) is 10.3. The molecule has 0 radical (unpaired) electrons. The predicted molar refractivity (Wildman–Crippen MR) is 100 cm³/mol. The first kappa shape index (κ1) is 17.1. The van der Waals surface area contributed by atoms with Gasteiger partial charge in [-0.3, -0.25) is 9.69 Å². The Morgan fingerprint density at radius 1 is 1.15 bits per heavy atom. The van der Waals surface area contributed by atoms with Gasteiger partial charge in [0.1, 0.15) is 12.1 Å². The van der Waals surface area contributed by atoms with Gasteiger partial charge in [0.25, 0.3) is 5.56 Å². The maximum Gasteiger partial charge on any atom is 0.266 e. The topological polar surface area (TPSA) is 75.9 Å². The highest BCUT2D eigenvalue weighted by Crippen LogP contribution is 2.25. The number of fused-ring (bicyclic) bond motifs is 1. The van der Waals surface area contributed by atoms with Crippen LogP contribution in [0.15, 0.2) is 29.5 Å². The summed E-state index contributed by atoms with van der Waals surface area (Å²) in [7, 11) is 0. The summed E-state index contributed by atoms with van der Waals surface area (Å²) < 4.78 is 1.55. The summed E-state index contributed by atoms with van der Waals surface area (Å²) in [5.74, 6) is 1.01. The highest BCUT2D eigenvalue weighted by atomic mass is 16.1. The highest BCUT2D eigenvalue weighted by molar-refractivity contribution is 5.48. The molecule has 1 unspecified atom stereocenters. The molecule has 7 heteroatoms. The van der Waals surface area contributed by atoms with E-state index < -0.39 is 0 Å². The Labute approximate surface area is 153 Å². The molecule has 138 valence electrons. The van der Waals surface area contributed by atoms with E-state index in [1.54, 1.807) is 29.3 Å². The zero-order valence-electron chi connectivity index (χ0n) is 15.1. The average molecular weight is 354 g/mol. The van der Waals surface area contributed by atoms with E-state index >= 15 is 0 Å². The molecule has 1 saturated heterocycles. The van der Waals surface area contributed by atoms with Gasteiger partial charge >= 0.3 is 0 Å². The molecule has 2 aromatic rings. The van der Waals surface area contributed by atoms with Crippen LogP contribution in [0.2, 0.25) is 0 Å². The van der Waals surface area contributed by atoms with Crippen molar-refractivity contribution < 1.29 is 0 Å². The first-order valence-electron chi connectivity index (χ1n) is 9.64. The van der Waals surface area contributed by atoms with Crippen molar-refractivity contribution in [2.24, 2.45) is 0 Å². The Kier molecular flexibility index (Phi) is 5.24. The quantitative estimate of drug-likeness (QED) is 0.847. The molecular formula is C19H26N6O. The van der Waals surface area contributed by atoms with Gasteiger partial charge in [-0.1, -0.05) is 6.42 Å². The summed E-state index contributed by atoms with van der Waals surface area (Å²) in [4.78, 5) is 23.2. The van der Waals surface area contributed by atoms with Crippen LogP contribution >= 0.6 is 0 Å². The normalized spacial score (nSPS) is 20.1. The van der Waals surface area contributed by atoms with Crippen LogP contribution in [0.25, 0.3) is 0 Å². The minimum Gasteiger partial charge on any atom is -0.368 e. The summed E-state index contributed by atoms with van der Waals surface area (Å²) in [6.45, 7) is 3.46. The molecule has 2 aromatic heterocycles. The fraction of sp³-hybridized carbons (Fsp3) is 0.579. The van der Waals surface area contributed by atoms with Gasteiger partial charge in [0.15, 0.2) is 0 Å². The Balaban J connectivity index is 1.38. The van der Waals surface area contributed by atoms with E-state index in [9.17, 15) is 4.79 Å². The summed E-state index contributed by atoms with van der Waals surface area (Å²) in [5, 5.41) is 7.74. The SMILES string of the molecule is O=c1cccnn1CCN1CCCCC1CNc1ncnc2c1CCC2. The zero-order valence-corrected chi connectivity index (χ0v) is 15.1. The molecule has 3 heterocycles. The van der Waals surface area contributed by atoms with E-state index in [2.05, 4.69) is 25.3 Å². The second-order valence-electron chi connectivity index (χ2n) is 7.15. The number of hydrogen-bond donors (Lipinski definition) is 1. The third kappa shape index (κ3) is 3.77. The number of hydrogen-bond acceptors (Lipinski definition) is 6. The summed E-state index contributed by atoms with van der Waals surface area (Å²) >= 11 is 0. The van der Waals surface area contributed by atoms with Crippen LogP contribution in [0.3, 0.4) is 0 Å². The van der Waals surface area contributed by atoms with Gasteiger partial charge in [-0.05, 0) is 44.7 Å². The molecule has 2 aliphatic rings. The number of aryl methyl sites for hydroxylation is 1. The molecule has 1 aliphatic carbocycles. The van der Waals surface area contributed by atoms with Crippen LogP contribution in [0, 0.1) is 0 Å². The monoisotopic (exact) mass is 354 g/mol. The third-order valence-corrected chi connectivity index (χ3v) is 5.51. The van der Waals surface area contributed by atoms with E-state index in [4.69, 9.17) is 0 Å². The van der Waals surface area contributed by atoms with Crippen LogP contribution in [-0.2, 0) is 19.4 Å². The molecule has 0 saturated carbocycles. The van der Waals surface area contributed by atoms with Gasteiger partial charge < -0.3 is 5.32 Å². The van der Waals surface area contributed by atoms with Crippen molar-refractivity contribution in [2.45, 2.75) is 51.1 Å². The van der Waals surface area contributed by atoms with E-state index in [-0.39, 0.29) is 5.56 Å². The molecule has 0 bridgehead atoms. The first-order valence-corrected chi connectivity index (χ1v) is 9.64. The molecule has 0 spiro atoms. The van der Waals surface area contributed by atoms with Crippen molar-refractivity contribution in [1.82, 2.24) is 24.6 Å². The number of likely N-dealkylation sites (tertiary alicyclic amines) is 1. The second-order valence-corrected chi connectivity index (χ2v) is 7.15. The van der Waals surface area contributed by atoms with Crippen molar-refractivity contribution in [3.8, 4) is 0 Å². The molecule has 1 aliphatic heterocycles. The van der Waals surface area contributed by atoms with Crippen LogP contribution < -0.4 is 10.9 Å². The Hall–Kier alpha value is -2.28. The van der Waals surface area contributed by atoms with Gasteiger partial charge in [0.2, 0.25) is 0 Å². The van der Waals surface area contributed by atoms with Crippen LogP contribution in [0.5, 0.6) is 0 Å². The molecule has 1 fully saturated rings. The number of aromatic nitrogens is 4. The van der Waals surface area contributed by atoms with Gasteiger partial charge in [0.05, 0.1) is 6.54 Å². The standard InChI is InChI=1S/C19H26N6O/c26-18-8-4-9-23-25(18)12-11-24-10-2-1-5-15(24)13-20-19-16-6-3-7-17(16)21-14-22-19/h4,8-9,14-15H,1-3,5-7,10-13H2,(H,20,21,22). The van der Waals surface area contributed by atoms with E-state index in [1.807, 2.05) is 0 Å². The van der Waals surface area contributed by atoms with E-state index in [1.165, 1.54) is 36.9 Å². The number of anilines is 1. The highest BCUT2D eigenvalue weighted by Gasteiger charge is 2.23. The summed E-state index contributed by atoms with van der Waals surface area (Å²) in [5.41, 5.74) is 2.48. The molecule has 1 N–H and O–H groups in total. The number of nitrogens with one attached hydrogen (secondary N) is 1. The van der Waals surface area contributed by atoms with E-state index in [0.717, 1.165) is 38.3 Å². The maximum atomic E-state index is 11.8. The largest absolute Gasteiger partial charge is 0.368 e.